The predicted molar refractivity (Wildman–Crippen MR) is 85.1 cm³/mol. The molecule has 1 N–H and O–H groups in total. The number of nitrogens with one attached hydrogen (secondary N) is 1. The van der Waals surface area contributed by atoms with Crippen LogP contribution in [0.15, 0.2) is 22.7 Å². The van der Waals surface area contributed by atoms with Gasteiger partial charge in [-0.1, -0.05) is 15.9 Å². The lowest BCUT2D eigenvalue weighted by atomic mass is 10.1. The molecule has 1 aromatic rings. The minimum atomic E-state index is 0.00327. The molecule has 1 fully saturated rings. The zero-order chi connectivity index (χ0) is 14.5. The third-order valence-corrected chi connectivity index (χ3v) is 4.07. The molecular weight excluding hydrogens is 318 g/mol. The number of benzene rings is 1. The van der Waals surface area contributed by atoms with Crippen LogP contribution < -0.4 is 5.32 Å². The molecule has 0 aromatic heterocycles. The third kappa shape index (κ3) is 4.58. The van der Waals surface area contributed by atoms with Crippen molar-refractivity contribution in [3.63, 3.8) is 0 Å². The van der Waals surface area contributed by atoms with Gasteiger partial charge >= 0.3 is 0 Å². The quantitative estimate of drug-likeness (QED) is 0.907. The maximum atomic E-state index is 12.1. The third-order valence-electron chi connectivity index (χ3n) is 3.61. The van der Waals surface area contributed by atoms with Gasteiger partial charge in [0.2, 0.25) is 0 Å². The maximum Gasteiger partial charge on any atom is 0.251 e. The fourth-order valence-electron chi connectivity index (χ4n) is 2.37. The van der Waals surface area contributed by atoms with E-state index in [0.717, 1.165) is 48.3 Å². The van der Waals surface area contributed by atoms with Crippen LogP contribution in [0.25, 0.3) is 0 Å². The molecule has 0 aliphatic carbocycles. The van der Waals surface area contributed by atoms with E-state index in [9.17, 15) is 4.79 Å². The van der Waals surface area contributed by atoms with Crippen molar-refractivity contribution < 1.29 is 4.79 Å². The molecule has 4 nitrogen and oxygen atoms in total. The summed E-state index contributed by atoms with van der Waals surface area (Å²) in [5.74, 6) is 0.00327. The van der Waals surface area contributed by atoms with Crippen LogP contribution in [0.3, 0.4) is 0 Å². The zero-order valence-corrected chi connectivity index (χ0v) is 13.7. The highest BCUT2D eigenvalue weighted by Crippen LogP contribution is 2.15. The van der Waals surface area contributed by atoms with Crippen molar-refractivity contribution in [2.24, 2.45) is 0 Å². The number of carbonyl (C=O) groups excluding carboxylic acids is 1. The minimum Gasteiger partial charge on any atom is -0.351 e. The Bertz CT molecular complexity index is 450. The molecule has 0 unspecified atom stereocenters. The maximum absolute atomic E-state index is 12.1. The highest BCUT2D eigenvalue weighted by molar-refractivity contribution is 9.10. The first-order chi connectivity index (χ1) is 9.54. The summed E-state index contributed by atoms with van der Waals surface area (Å²) in [4.78, 5) is 16.8. The molecule has 1 saturated heterocycles. The molecule has 1 aromatic carbocycles. The van der Waals surface area contributed by atoms with Crippen LogP contribution in [-0.2, 0) is 0 Å². The van der Waals surface area contributed by atoms with Crippen molar-refractivity contribution in [3.8, 4) is 0 Å². The smallest absolute Gasteiger partial charge is 0.251 e. The standard InChI is InChI=1S/C15H22BrN3O/c1-12-9-13(11-14(16)10-12)15(20)17-3-4-19-7-5-18(2)6-8-19/h9-11H,3-8H2,1-2H3,(H,17,20). The molecule has 0 radical (unpaired) electrons. The van der Waals surface area contributed by atoms with E-state index < -0.39 is 0 Å². The number of hydrogen-bond donors (Lipinski definition) is 1. The number of aryl methyl sites for hydroxylation is 1. The highest BCUT2D eigenvalue weighted by atomic mass is 79.9. The van der Waals surface area contributed by atoms with Crippen LogP contribution in [0, 0.1) is 6.92 Å². The Morgan fingerprint density at radius 2 is 1.95 bits per heavy atom. The molecule has 5 heteroatoms. The van der Waals surface area contributed by atoms with Gasteiger partial charge in [-0.25, -0.2) is 0 Å². The fraction of sp³-hybridized carbons (Fsp3) is 0.533. The molecule has 1 aliphatic rings. The second kappa shape index (κ2) is 7.20. The molecule has 1 amide bonds. The summed E-state index contributed by atoms with van der Waals surface area (Å²) in [7, 11) is 2.15. The average Bonchev–Trinajstić information content (AvgIpc) is 2.40. The van der Waals surface area contributed by atoms with Crippen LogP contribution in [0.4, 0.5) is 0 Å². The van der Waals surface area contributed by atoms with Gasteiger partial charge in [0.15, 0.2) is 0 Å². The lowest BCUT2D eigenvalue weighted by molar-refractivity contribution is 0.0941. The van der Waals surface area contributed by atoms with Crippen molar-refractivity contribution in [2.45, 2.75) is 6.92 Å². The zero-order valence-electron chi connectivity index (χ0n) is 12.2. The summed E-state index contributed by atoms with van der Waals surface area (Å²) in [5.41, 5.74) is 1.80. The van der Waals surface area contributed by atoms with Crippen LogP contribution in [0.5, 0.6) is 0 Å². The summed E-state index contributed by atoms with van der Waals surface area (Å²) in [6.07, 6.45) is 0. The van der Waals surface area contributed by atoms with Gasteiger partial charge in [-0.05, 0) is 37.7 Å². The second-order valence-corrected chi connectivity index (χ2v) is 6.33. The van der Waals surface area contributed by atoms with Gasteiger partial charge in [-0.3, -0.25) is 9.69 Å². The second-order valence-electron chi connectivity index (χ2n) is 5.42. The molecule has 2 rings (SSSR count). The first kappa shape index (κ1) is 15.5. The van der Waals surface area contributed by atoms with E-state index in [2.05, 4.69) is 38.1 Å². The molecule has 20 heavy (non-hydrogen) atoms. The number of likely N-dealkylation sites (N-methyl/N-ethyl adjacent to an activating group) is 1. The summed E-state index contributed by atoms with van der Waals surface area (Å²) in [6.45, 7) is 8.01. The van der Waals surface area contributed by atoms with Gasteiger partial charge in [0.1, 0.15) is 0 Å². The van der Waals surface area contributed by atoms with E-state index in [1.54, 1.807) is 0 Å². The van der Waals surface area contributed by atoms with E-state index in [-0.39, 0.29) is 5.91 Å². The Hall–Kier alpha value is -0.910. The Balaban J connectivity index is 1.77. The van der Waals surface area contributed by atoms with Crippen LogP contribution in [0.1, 0.15) is 15.9 Å². The van der Waals surface area contributed by atoms with E-state index in [0.29, 0.717) is 6.54 Å². The summed E-state index contributed by atoms with van der Waals surface area (Å²) in [6, 6.07) is 5.77. The van der Waals surface area contributed by atoms with Gasteiger partial charge < -0.3 is 10.2 Å². The Labute approximate surface area is 129 Å². The molecule has 1 heterocycles. The Kier molecular flexibility index (Phi) is 5.57. The number of piperazine rings is 1. The van der Waals surface area contributed by atoms with Crippen LogP contribution >= 0.6 is 15.9 Å². The van der Waals surface area contributed by atoms with Crippen LogP contribution in [-0.4, -0.2) is 62.0 Å². The van der Waals surface area contributed by atoms with Crippen LogP contribution in [0.2, 0.25) is 0 Å². The largest absolute Gasteiger partial charge is 0.351 e. The normalized spacial score (nSPS) is 17.1. The molecule has 0 saturated carbocycles. The summed E-state index contributed by atoms with van der Waals surface area (Å²) in [5, 5.41) is 3.00. The lowest BCUT2D eigenvalue weighted by Gasteiger charge is -2.32. The fourth-order valence-corrected chi connectivity index (χ4v) is 2.98. The minimum absolute atomic E-state index is 0.00327. The topological polar surface area (TPSA) is 35.6 Å². The first-order valence-electron chi connectivity index (χ1n) is 7.01. The summed E-state index contributed by atoms with van der Waals surface area (Å²) < 4.78 is 0.946. The van der Waals surface area contributed by atoms with Gasteiger partial charge in [-0.15, -0.1) is 0 Å². The van der Waals surface area contributed by atoms with Crippen molar-refractivity contribution in [3.05, 3.63) is 33.8 Å². The molecule has 110 valence electrons. The SMILES string of the molecule is Cc1cc(Br)cc(C(=O)NCCN2CCN(C)CC2)c1. The van der Waals surface area contributed by atoms with E-state index >= 15 is 0 Å². The van der Waals surface area contributed by atoms with Gasteiger partial charge in [-0.2, -0.15) is 0 Å². The van der Waals surface area contributed by atoms with Crippen molar-refractivity contribution in [1.29, 1.82) is 0 Å². The molecule has 0 bridgehead atoms. The average molecular weight is 340 g/mol. The number of nitrogens with zero attached hydrogens (tertiary/aromatic N) is 2. The van der Waals surface area contributed by atoms with Crippen molar-refractivity contribution >= 4 is 21.8 Å². The highest BCUT2D eigenvalue weighted by Gasteiger charge is 2.13. The summed E-state index contributed by atoms with van der Waals surface area (Å²) >= 11 is 3.42. The van der Waals surface area contributed by atoms with Crippen molar-refractivity contribution in [1.82, 2.24) is 15.1 Å². The predicted octanol–water partition coefficient (Wildman–Crippen LogP) is 1.73. The number of rotatable bonds is 4. The first-order valence-corrected chi connectivity index (χ1v) is 7.80. The van der Waals surface area contributed by atoms with Crippen molar-refractivity contribution in [2.75, 3.05) is 46.3 Å². The lowest BCUT2D eigenvalue weighted by Crippen LogP contribution is -2.46. The Morgan fingerprint density at radius 1 is 1.25 bits per heavy atom. The van der Waals surface area contributed by atoms with Gasteiger partial charge in [0.05, 0.1) is 0 Å². The number of carbonyl (C=O) groups is 1. The Morgan fingerprint density at radius 3 is 2.60 bits per heavy atom. The number of halogens is 1. The van der Waals surface area contributed by atoms with E-state index in [4.69, 9.17) is 0 Å². The van der Waals surface area contributed by atoms with Gasteiger partial charge in [0.25, 0.3) is 5.91 Å². The number of hydrogen-bond acceptors (Lipinski definition) is 3. The molecule has 1 aliphatic heterocycles. The van der Waals surface area contributed by atoms with E-state index in [1.807, 2.05) is 25.1 Å². The molecule has 0 atom stereocenters. The van der Waals surface area contributed by atoms with E-state index in [1.165, 1.54) is 0 Å². The molecular formula is C15H22BrN3O. The monoisotopic (exact) mass is 339 g/mol. The number of amides is 1. The molecule has 0 spiro atoms. The van der Waals surface area contributed by atoms with Gasteiger partial charge in [0, 0.05) is 49.3 Å².